The largest absolute Gasteiger partial charge is 0.495 e. The van der Waals surface area contributed by atoms with Crippen molar-refractivity contribution in [1.29, 1.82) is 0 Å². The number of benzene rings is 2. The number of carbonyl (C=O) groups is 2. The zero-order chi connectivity index (χ0) is 22.9. The topological polar surface area (TPSA) is 96.0 Å². The molecule has 0 aliphatic carbocycles. The van der Waals surface area contributed by atoms with Gasteiger partial charge < -0.3 is 9.64 Å². The Morgan fingerprint density at radius 2 is 1.53 bits per heavy atom. The van der Waals surface area contributed by atoms with Crippen LogP contribution in [0.1, 0.15) is 32.6 Å². The number of anilines is 3. The van der Waals surface area contributed by atoms with E-state index in [-0.39, 0.29) is 41.0 Å². The maximum Gasteiger partial charge on any atom is 0.265 e. The van der Waals surface area contributed by atoms with Crippen molar-refractivity contribution in [3.63, 3.8) is 0 Å². The molecule has 0 saturated carbocycles. The molecule has 2 aliphatic heterocycles. The highest BCUT2D eigenvalue weighted by molar-refractivity contribution is 7.92. The van der Waals surface area contributed by atoms with Gasteiger partial charge in [0.1, 0.15) is 10.6 Å². The minimum Gasteiger partial charge on any atom is -0.495 e. The average Bonchev–Trinajstić information content (AvgIpc) is 3.12. The summed E-state index contributed by atoms with van der Waals surface area (Å²) in [4.78, 5) is 27.3. The van der Waals surface area contributed by atoms with Crippen LogP contribution in [0.15, 0.2) is 47.4 Å². The molecule has 0 aromatic heterocycles. The van der Waals surface area contributed by atoms with Crippen LogP contribution < -0.4 is 19.3 Å². The molecule has 2 aliphatic rings. The second-order valence-corrected chi connectivity index (χ2v) is 9.93. The van der Waals surface area contributed by atoms with E-state index in [1.807, 2.05) is 12.1 Å². The van der Waals surface area contributed by atoms with Crippen LogP contribution in [0.2, 0.25) is 0 Å². The van der Waals surface area contributed by atoms with Crippen LogP contribution >= 0.6 is 0 Å². The van der Waals surface area contributed by atoms with Crippen LogP contribution in [-0.4, -0.2) is 40.4 Å². The Balaban J connectivity index is 1.57. The van der Waals surface area contributed by atoms with Gasteiger partial charge in [0.25, 0.3) is 10.0 Å². The maximum atomic E-state index is 13.1. The van der Waals surface area contributed by atoms with Crippen LogP contribution in [0.3, 0.4) is 0 Å². The molecule has 4 rings (SSSR count). The summed E-state index contributed by atoms with van der Waals surface area (Å²) in [5.41, 5.74) is 1.69. The van der Waals surface area contributed by atoms with Gasteiger partial charge in [0, 0.05) is 37.3 Å². The van der Waals surface area contributed by atoms with Gasteiger partial charge in [-0.3, -0.25) is 19.2 Å². The Morgan fingerprint density at radius 1 is 0.938 bits per heavy atom. The molecule has 2 aromatic carbocycles. The van der Waals surface area contributed by atoms with Crippen LogP contribution in [-0.2, 0) is 19.6 Å². The number of amides is 2. The lowest BCUT2D eigenvalue weighted by molar-refractivity contribution is -0.121. The molecule has 170 valence electrons. The summed E-state index contributed by atoms with van der Waals surface area (Å²) >= 11 is 0. The quantitative estimate of drug-likeness (QED) is 0.668. The second-order valence-electron chi connectivity index (χ2n) is 8.28. The highest BCUT2D eigenvalue weighted by Gasteiger charge is 2.32. The van der Waals surface area contributed by atoms with E-state index >= 15 is 0 Å². The first kappa shape index (κ1) is 22.1. The molecule has 0 bridgehead atoms. The Kier molecular flexibility index (Phi) is 6.10. The first-order valence-electron chi connectivity index (χ1n) is 10.7. The predicted octanol–water partition coefficient (Wildman–Crippen LogP) is 3.39. The Bertz CT molecular complexity index is 1110. The molecule has 8 nitrogen and oxygen atoms in total. The van der Waals surface area contributed by atoms with Crippen molar-refractivity contribution in [2.45, 2.75) is 37.5 Å². The first-order valence-corrected chi connectivity index (χ1v) is 12.2. The normalized spacial score (nSPS) is 17.7. The molecule has 9 heteroatoms. The summed E-state index contributed by atoms with van der Waals surface area (Å²) in [7, 11) is -2.66. The van der Waals surface area contributed by atoms with Gasteiger partial charge in [-0.25, -0.2) is 8.42 Å². The number of hydrogen-bond acceptors (Lipinski definition) is 6. The lowest BCUT2D eigenvalue weighted by Crippen LogP contribution is -2.32. The SMILES string of the molecule is COc1ccc(N2C(=O)CCC2=O)cc1S(=O)(=O)Nc1ccc(N2CCC(C)CC2)cc1. The fourth-order valence-electron chi connectivity index (χ4n) is 4.10. The van der Waals surface area contributed by atoms with E-state index in [0.29, 0.717) is 5.69 Å². The highest BCUT2D eigenvalue weighted by Crippen LogP contribution is 2.33. The molecule has 0 atom stereocenters. The molecular weight excluding hydrogens is 430 g/mol. The van der Waals surface area contributed by atoms with Crippen LogP contribution in [0.5, 0.6) is 5.75 Å². The lowest BCUT2D eigenvalue weighted by Gasteiger charge is -2.32. The van der Waals surface area contributed by atoms with Gasteiger partial charge in [-0.05, 0) is 61.2 Å². The fourth-order valence-corrected chi connectivity index (χ4v) is 5.34. The van der Waals surface area contributed by atoms with Crippen molar-refractivity contribution in [2.24, 2.45) is 5.92 Å². The molecule has 2 amide bonds. The third-order valence-electron chi connectivity index (χ3n) is 6.01. The maximum absolute atomic E-state index is 13.1. The van der Waals surface area contributed by atoms with Crippen molar-refractivity contribution in [3.8, 4) is 5.75 Å². The number of rotatable bonds is 6. The summed E-state index contributed by atoms with van der Waals surface area (Å²) in [5, 5.41) is 0. The second kappa shape index (κ2) is 8.82. The minimum atomic E-state index is -4.03. The number of carbonyl (C=O) groups excluding carboxylic acids is 2. The monoisotopic (exact) mass is 457 g/mol. The van der Waals surface area contributed by atoms with Crippen molar-refractivity contribution in [2.75, 3.05) is 34.7 Å². The predicted molar refractivity (Wildman–Crippen MR) is 123 cm³/mol. The molecular formula is C23H27N3O5S. The summed E-state index contributed by atoms with van der Waals surface area (Å²) in [6.45, 7) is 4.24. The molecule has 2 fully saturated rings. The van der Waals surface area contributed by atoms with E-state index in [1.165, 1.54) is 25.3 Å². The van der Waals surface area contributed by atoms with Crippen molar-refractivity contribution in [1.82, 2.24) is 0 Å². The molecule has 0 spiro atoms. The van der Waals surface area contributed by atoms with Gasteiger partial charge in [0.15, 0.2) is 0 Å². The number of nitrogens with one attached hydrogen (secondary N) is 1. The number of ether oxygens (including phenoxy) is 1. The van der Waals surface area contributed by atoms with Crippen molar-refractivity contribution >= 4 is 38.9 Å². The van der Waals surface area contributed by atoms with Crippen LogP contribution in [0.4, 0.5) is 17.1 Å². The third-order valence-corrected chi connectivity index (χ3v) is 7.42. The van der Waals surface area contributed by atoms with Gasteiger partial charge >= 0.3 is 0 Å². The number of hydrogen-bond donors (Lipinski definition) is 1. The number of nitrogens with zero attached hydrogens (tertiary/aromatic N) is 2. The van der Waals surface area contributed by atoms with Gasteiger partial charge in [-0.2, -0.15) is 0 Å². The lowest BCUT2D eigenvalue weighted by atomic mass is 9.99. The fraction of sp³-hybridized carbons (Fsp3) is 0.391. The van der Waals surface area contributed by atoms with E-state index in [2.05, 4.69) is 16.5 Å². The van der Waals surface area contributed by atoms with Gasteiger partial charge in [0.05, 0.1) is 12.8 Å². The van der Waals surface area contributed by atoms with E-state index in [1.54, 1.807) is 12.1 Å². The van der Waals surface area contributed by atoms with E-state index in [0.717, 1.165) is 42.4 Å². The third kappa shape index (κ3) is 4.43. The average molecular weight is 458 g/mol. The highest BCUT2D eigenvalue weighted by atomic mass is 32.2. The summed E-state index contributed by atoms with van der Waals surface area (Å²) in [6, 6.07) is 11.5. The van der Waals surface area contributed by atoms with E-state index in [4.69, 9.17) is 4.74 Å². The molecule has 0 unspecified atom stereocenters. The van der Waals surface area contributed by atoms with E-state index < -0.39 is 10.0 Å². The Labute approximate surface area is 188 Å². The Morgan fingerprint density at radius 3 is 2.12 bits per heavy atom. The molecule has 2 heterocycles. The minimum absolute atomic E-state index is 0.119. The summed E-state index contributed by atoms with van der Waals surface area (Å²) in [6.07, 6.45) is 2.53. The number of methoxy groups -OCH3 is 1. The van der Waals surface area contributed by atoms with Gasteiger partial charge in [-0.1, -0.05) is 6.92 Å². The number of sulfonamides is 1. The molecule has 2 aromatic rings. The van der Waals surface area contributed by atoms with Crippen molar-refractivity contribution < 1.29 is 22.7 Å². The van der Waals surface area contributed by atoms with Gasteiger partial charge in [-0.15, -0.1) is 0 Å². The molecule has 32 heavy (non-hydrogen) atoms. The van der Waals surface area contributed by atoms with Crippen LogP contribution in [0, 0.1) is 5.92 Å². The smallest absolute Gasteiger partial charge is 0.265 e. The van der Waals surface area contributed by atoms with E-state index in [9.17, 15) is 18.0 Å². The first-order chi connectivity index (χ1) is 15.3. The summed E-state index contributed by atoms with van der Waals surface area (Å²) in [5.74, 6) is 0.159. The van der Waals surface area contributed by atoms with Crippen molar-refractivity contribution in [3.05, 3.63) is 42.5 Å². The molecule has 0 radical (unpaired) electrons. The van der Waals surface area contributed by atoms with Crippen LogP contribution in [0.25, 0.3) is 0 Å². The zero-order valence-corrected chi connectivity index (χ0v) is 19.0. The Hall–Kier alpha value is -3.07. The number of imide groups is 1. The standard InChI is InChI=1S/C23H27N3O5S/c1-16-11-13-25(14-12-16)18-5-3-17(4-6-18)24-32(29,30)21-15-19(7-8-20(21)31-2)26-22(27)9-10-23(26)28/h3-8,15-16,24H,9-14H2,1-2H3. The summed E-state index contributed by atoms with van der Waals surface area (Å²) < 4.78 is 34.1. The zero-order valence-electron chi connectivity index (χ0n) is 18.2. The molecule has 2 saturated heterocycles. The molecule has 1 N–H and O–H groups in total. The number of piperidine rings is 1. The van der Waals surface area contributed by atoms with Gasteiger partial charge in [0.2, 0.25) is 11.8 Å².